The van der Waals surface area contributed by atoms with Crippen LogP contribution < -0.4 is 10.0 Å². The molecule has 0 bridgehead atoms. The molecule has 13 heteroatoms. The molecule has 43 heavy (non-hydrogen) atoms. The Kier molecular flexibility index (Phi) is 9.48. The number of carbonyl (C=O) groups excluding carboxylic acids is 2. The third kappa shape index (κ3) is 6.61. The second-order valence-electron chi connectivity index (χ2n) is 11.2. The lowest BCUT2D eigenvalue weighted by Crippen LogP contribution is -2.59. The van der Waals surface area contributed by atoms with E-state index >= 15 is 0 Å². The molecule has 10 nitrogen and oxygen atoms in total. The number of nitrogens with one attached hydrogen (secondary N) is 2. The number of aromatic nitrogens is 2. The number of aliphatic hydroxyl groups excluding tert-OH is 1. The molecular formula is C30H35Cl2N5O5S. The fourth-order valence-electron chi connectivity index (χ4n) is 6.40. The molecular weight excluding hydrogens is 613 g/mol. The molecule has 4 atom stereocenters. The van der Waals surface area contributed by atoms with Gasteiger partial charge in [-0.1, -0.05) is 60.3 Å². The Morgan fingerprint density at radius 3 is 2.56 bits per heavy atom. The molecule has 0 spiro atoms. The normalized spacial score (nSPS) is 22.3. The standard InChI is InChI=1S/C30H35Cl2N5O5S/c1-36-19(17-38)16-34-26(36)13-14-33-29(39)27-20-7-3-4-8-21(20)30(40)37(28(27)22-12-11-18(31)15-23(22)32)25-10-6-5-9-24(25)35-43(2,41)42/h3-4,7-8,11-12,15-16,24-25,27-28,35,38H,5-6,9-10,13-14,17H2,1-2H3,(H,33,39)/t24-,25-,27+,28-/m0/s1. The van der Waals surface area contributed by atoms with Crippen LogP contribution in [0.1, 0.15) is 70.6 Å². The van der Waals surface area contributed by atoms with Crippen LogP contribution in [0.2, 0.25) is 10.0 Å². The van der Waals surface area contributed by atoms with Crippen LogP contribution in [0.15, 0.2) is 48.7 Å². The highest BCUT2D eigenvalue weighted by molar-refractivity contribution is 7.88. The zero-order valence-corrected chi connectivity index (χ0v) is 26.3. The van der Waals surface area contributed by atoms with Gasteiger partial charge in [0.2, 0.25) is 15.9 Å². The SMILES string of the molecule is Cn1c(CO)cnc1CCNC(=O)[C@@H]1c2ccccc2C(=O)N([C@H]2CCCC[C@@H]2NS(C)(=O)=O)[C@H]1c1ccc(Cl)cc1Cl. The van der Waals surface area contributed by atoms with Gasteiger partial charge in [-0.3, -0.25) is 9.59 Å². The van der Waals surface area contributed by atoms with Crippen LogP contribution in [0.25, 0.3) is 0 Å². The highest BCUT2D eigenvalue weighted by Gasteiger charge is 2.49. The van der Waals surface area contributed by atoms with Crippen molar-refractivity contribution in [1.29, 1.82) is 0 Å². The number of nitrogens with zero attached hydrogens (tertiary/aromatic N) is 3. The lowest BCUT2D eigenvalue weighted by Gasteiger charge is -2.49. The van der Waals surface area contributed by atoms with Crippen LogP contribution in [0.5, 0.6) is 0 Å². The van der Waals surface area contributed by atoms with Crippen molar-refractivity contribution < 1.29 is 23.1 Å². The molecule has 1 aliphatic heterocycles. The minimum Gasteiger partial charge on any atom is -0.390 e. The highest BCUT2D eigenvalue weighted by atomic mass is 35.5. The summed E-state index contributed by atoms with van der Waals surface area (Å²) in [5.41, 5.74) is 2.18. The third-order valence-electron chi connectivity index (χ3n) is 8.38. The summed E-state index contributed by atoms with van der Waals surface area (Å²) in [5, 5.41) is 13.3. The van der Waals surface area contributed by atoms with E-state index in [1.807, 2.05) is 0 Å². The van der Waals surface area contributed by atoms with Crippen molar-refractivity contribution in [2.24, 2.45) is 7.05 Å². The van der Waals surface area contributed by atoms with Crippen LogP contribution in [-0.2, 0) is 34.9 Å². The van der Waals surface area contributed by atoms with Gasteiger partial charge in [0, 0.05) is 47.7 Å². The first-order chi connectivity index (χ1) is 20.5. The number of imidazole rings is 1. The van der Waals surface area contributed by atoms with E-state index in [0.29, 0.717) is 57.5 Å². The third-order valence-corrected chi connectivity index (χ3v) is 9.68. The predicted molar refractivity (Wildman–Crippen MR) is 164 cm³/mol. The van der Waals surface area contributed by atoms with Gasteiger partial charge in [0.15, 0.2) is 0 Å². The lowest BCUT2D eigenvalue weighted by atomic mass is 9.76. The molecule has 0 unspecified atom stereocenters. The fraction of sp³-hybridized carbons (Fsp3) is 0.433. The summed E-state index contributed by atoms with van der Waals surface area (Å²) >= 11 is 13.0. The van der Waals surface area contributed by atoms with E-state index in [9.17, 15) is 23.1 Å². The second kappa shape index (κ2) is 13.0. The summed E-state index contributed by atoms with van der Waals surface area (Å²) in [6.45, 7) is 0.127. The molecule has 2 aromatic carbocycles. The first-order valence-corrected chi connectivity index (χ1v) is 16.9. The van der Waals surface area contributed by atoms with E-state index in [4.69, 9.17) is 23.2 Å². The Hall–Kier alpha value is -2.96. The van der Waals surface area contributed by atoms with Crippen molar-refractivity contribution >= 4 is 45.0 Å². The van der Waals surface area contributed by atoms with Crippen LogP contribution >= 0.6 is 23.2 Å². The Bertz CT molecular complexity index is 1630. The van der Waals surface area contributed by atoms with Crippen molar-refractivity contribution in [1.82, 2.24) is 24.5 Å². The zero-order valence-electron chi connectivity index (χ0n) is 24.0. The maximum Gasteiger partial charge on any atom is 0.255 e. The van der Waals surface area contributed by atoms with Gasteiger partial charge in [0.05, 0.1) is 36.7 Å². The van der Waals surface area contributed by atoms with Gasteiger partial charge in [0.1, 0.15) is 5.82 Å². The monoisotopic (exact) mass is 647 g/mol. The quantitative estimate of drug-likeness (QED) is 0.324. The van der Waals surface area contributed by atoms with Gasteiger partial charge in [-0.2, -0.15) is 0 Å². The Labute approximate surface area is 261 Å². The van der Waals surface area contributed by atoms with Gasteiger partial charge in [-0.15, -0.1) is 0 Å². The number of fused-ring (bicyclic) bond motifs is 1. The molecule has 5 rings (SSSR count). The van der Waals surface area contributed by atoms with Crippen molar-refractivity contribution in [3.63, 3.8) is 0 Å². The van der Waals surface area contributed by atoms with Gasteiger partial charge in [-0.25, -0.2) is 18.1 Å². The zero-order chi connectivity index (χ0) is 30.9. The molecule has 2 aliphatic rings. The van der Waals surface area contributed by atoms with E-state index in [1.165, 1.54) is 0 Å². The van der Waals surface area contributed by atoms with E-state index in [-0.39, 0.29) is 25.0 Å². The van der Waals surface area contributed by atoms with Gasteiger partial charge in [0.25, 0.3) is 5.91 Å². The summed E-state index contributed by atoms with van der Waals surface area (Å²) in [7, 11) is -1.77. The molecule has 0 saturated heterocycles. The van der Waals surface area contributed by atoms with Crippen LogP contribution in [-0.4, -0.2) is 64.7 Å². The number of amides is 2. The number of rotatable bonds is 9. The average molecular weight is 649 g/mol. The number of carbonyl (C=O) groups is 2. The molecule has 2 amide bonds. The average Bonchev–Trinajstić information content (AvgIpc) is 3.31. The second-order valence-corrected chi connectivity index (χ2v) is 13.8. The van der Waals surface area contributed by atoms with Gasteiger partial charge < -0.3 is 19.9 Å². The Morgan fingerprint density at radius 2 is 1.86 bits per heavy atom. The van der Waals surface area contributed by atoms with Crippen LogP contribution in [0.3, 0.4) is 0 Å². The summed E-state index contributed by atoms with van der Waals surface area (Å²) in [6, 6.07) is 10.2. The van der Waals surface area contributed by atoms with Crippen molar-refractivity contribution in [2.75, 3.05) is 12.8 Å². The number of sulfonamides is 1. The number of aliphatic hydroxyl groups is 1. The minimum atomic E-state index is -3.58. The lowest BCUT2D eigenvalue weighted by molar-refractivity contribution is -0.124. The highest BCUT2D eigenvalue weighted by Crippen LogP contribution is 2.47. The Balaban J connectivity index is 1.58. The van der Waals surface area contributed by atoms with E-state index in [2.05, 4.69) is 15.0 Å². The minimum absolute atomic E-state index is 0.140. The summed E-state index contributed by atoms with van der Waals surface area (Å²) in [5.74, 6) is -0.726. The number of hydrogen-bond acceptors (Lipinski definition) is 6. The van der Waals surface area contributed by atoms with Crippen molar-refractivity contribution in [3.05, 3.63) is 86.9 Å². The molecule has 2 heterocycles. The molecule has 0 radical (unpaired) electrons. The molecule has 3 N–H and O–H groups in total. The summed E-state index contributed by atoms with van der Waals surface area (Å²) in [6.07, 6.45) is 5.86. The summed E-state index contributed by atoms with van der Waals surface area (Å²) in [4.78, 5) is 34.6. The van der Waals surface area contributed by atoms with E-state index < -0.39 is 34.1 Å². The largest absolute Gasteiger partial charge is 0.390 e. The molecule has 1 fully saturated rings. The first kappa shape index (κ1) is 31.5. The first-order valence-electron chi connectivity index (χ1n) is 14.2. The number of benzene rings is 2. The molecule has 230 valence electrons. The van der Waals surface area contributed by atoms with Gasteiger partial charge >= 0.3 is 0 Å². The van der Waals surface area contributed by atoms with Crippen molar-refractivity contribution in [2.45, 2.75) is 62.8 Å². The number of halogens is 2. The molecule has 1 aromatic heterocycles. The Morgan fingerprint density at radius 1 is 1.12 bits per heavy atom. The summed E-state index contributed by atoms with van der Waals surface area (Å²) < 4.78 is 29.3. The molecule has 1 saturated carbocycles. The molecule has 1 aliphatic carbocycles. The topological polar surface area (TPSA) is 134 Å². The number of hydrogen-bond donors (Lipinski definition) is 3. The molecule has 3 aromatic rings. The smallest absolute Gasteiger partial charge is 0.255 e. The fourth-order valence-corrected chi connectivity index (χ4v) is 7.75. The van der Waals surface area contributed by atoms with E-state index in [0.717, 1.165) is 19.1 Å². The maximum absolute atomic E-state index is 14.3. The van der Waals surface area contributed by atoms with E-state index in [1.54, 1.807) is 65.2 Å². The predicted octanol–water partition coefficient (Wildman–Crippen LogP) is 3.72. The maximum atomic E-state index is 14.3. The van der Waals surface area contributed by atoms with Crippen molar-refractivity contribution in [3.8, 4) is 0 Å². The van der Waals surface area contributed by atoms with Gasteiger partial charge in [-0.05, 0) is 42.2 Å². The van der Waals surface area contributed by atoms with Crippen LogP contribution in [0, 0.1) is 0 Å². The van der Waals surface area contributed by atoms with Crippen LogP contribution in [0.4, 0.5) is 0 Å².